The van der Waals surface area contributed by atoms with Gasteiger partial charge in [-0.25, -0.2) is 4.39 Å². The number of methoxy groups -OCH3 is 1. The average molecular weight is 263 g/mol. The molecule has 1 aromatic heterocycles. The number of rotatable bonds is 3. The molecule has 19 heavy (non-hydrogen) atoms. The van der Waals surface area contributed by atoms with E-state index in [-0.39, 0.29) is 18.0 Å². The Morgan fingerprint density at radius 2 is 2.05 bits per heavy atom. The standard InChI is InChI=1S/C14H14FNO3/c1-8-13(11(17)7-12(18)19-3)9-5-4-6-10(15)14(9)16(8)2/h4-6H,7H2,1-3H3. The number of halogens is 1. The van der Waals surface area contributed by atoms with Crippen molar-refractivity contribution >= 4 is 22.7 Å². The van der Waals surface area contributed by atoms with E-state index in [1.165, 1.54) is 13.2 Å². The number of aromatic nitrogens is 1. The SMILES string of the molecule is COC(=O)CC(=O)c1c(C)n(C)c2c(F)cccc12. The molecule has 0 aliphatic rings. The van der Waals surface area contributed by atoms with E-state index in [1.807, 2.05) is 0 Å². The maximum absolute atomic E-state index is 13.8. The number of aryl methyl sites for hydroxylation is 1. The Kier molecular flexibility index (Phi) is 3.38. The van der Waals surface area contributed by atoms with Gasteiger partial charge in [0.05, 0.1) is 12.6 Å². The van der Waals surface area contributed by atoms with Crippen LogP contribution in [-0.4, -0.2) is 23.4 Å². The number of carbonyl (C=O) groups excluding carboxylic acids is 2. The summed E-state index contributed by atoms with van der Waals surface area (Å²) in [5.74, 6) is -1.35. The molecule has 1 heterocycles. The van der Waals surface area contributed by atoms with Crippen LogP contribution in [0.3, 0.4) is 0 Å². The zero-order chi connectivity index (χ0) is 14.2. The lowest BCUT2D eigenvalue weighted by molar-refractivity contribution is -0.139. The third-order valence-electron chi connectivity index (χ3n) is 3.27. The first kappa shape index (κ1) is 13.3. The molecule has 0 aliphatic carbocycles. The smallest absolute Gasteiger partial charge is 0.313 e. The van der Waals surface area contributed by atoms with Crippen molar-refractivity contribution in [1.82, 2.24) is 4.57 Å². The van der Waals surface area contributed by atoms with Crippen molar-refractivity contribution in [3.8, 4) is 0 Å². The minimum atomic E-state index is -0.599. The molecule has 100 valence electrons. The molecule has 2 aromatic rings. The first-order valence-corrected chi connectivity index (χ1v) is 5.81. The molecule has 0 saturated heterocycles. The average Bonchev–Trinajstić information content (AvgIpc) is 2.63. The molecule has 0 atom stereocenters. The van der Waals surface area contributed by atoms with Gasteiger partial charge in [0.15, 0.2) is 5.78 Å². The number of hydrogen-bond acceptors (Lipinski definition) is 3. The summed E-state index contributed by atoms with van der Waals surface area (Å²) in [4.78, 5) is 23.3. The van der Waals surface area contributed by atoms with Gasteiger partial charge in [0.2, 0.25) is 0 Å². The van der Waals surface area contributed by atoms with Crippen LogP contribution in [0.5, 0.6) is 0 Å². The molecule has 5 heteroatoms. The van der Waals surface area contributed by atoms with Gasteiger partial charge in [0.1, 0.15) is 12.2 Å². The normalized spacial score (nSPS) is 10.7. The molecule has 0 aliphatic heterocycles. The first-order valence-electron chi connectivity index (χ1n) is 5.81. The molecule has 0 radical (unpaired) electrons. The van der Waals surface area contributed by atoms with Crippen LogP contribution in [0.1, 0.15) is 22.5 Å². The van der Waals surface area contributed by atoms with E-state index >= 15 is 0 Å². The monoisotopic (exact) mass is 263 g/mol. The van der Waals surface area contributed by atoms with Crippen molar-refractivity contribution in [2.45, 2.75) is 13.3 Å². The van der Waals surface area contributed by atoms with Crippen LogP contribution in [0.25, 0.3) is 10.9 Å². The quantitative estimate of drug-likeness (QED) is 0.485. The molecule has 0 N–H and O–H groups in total. The lowest BCUT2D eigenvalue weighted by atomic mass is 10.0. The van der Waals surface area contributed by atoms with Crippen LogP contribution in [0.15, 0.2) is 18.2 Å². The largest absolute Gasteiger partial charge is 0.469 e. The van der Waals surface area contributed by atoms with Gasteiger partial charge in [-0.3, -0.25) is 9.59 Å². The second-order valence-corrected chi connectivity index (χ2v) is 4.33. The predicted octanol–water partition coefficient (Wildman–Crippen LogP) is 2.37. The van der Waals surface area contributed by atoms with Crippen LogP contribution < -0.4 is 0 Å². The van der Waals surface area contributed by atoms with Gasteiger partial charge in [-0.05, 0) is 13.0 Å². The van der Waals surface area contributed by atoms with Crippen molar-refractivity contribution < 1.29 is 18.7 Å². The van der Waals surface area contributed by atoms with Crippen LogP contribution in [0.2, 0.25) is 0 Å². The Morgan fingerprint density at radius 1 is 1.37 bits per heavy atom. The summed E-state index contributed by atoms with van der Waals surface area (Å²) in [5.41, 5.74) is 1.38. The summed E-state index contributed by atoms with van der Waals surface area (Å²) < 4.78 is 19.9. The van der Waals surface area contributed by atoms with Crippen molar-refractivity contribution in [3.63, 3.8) is 0 Å². The Hall–Kier alpha value is -2.17. The summed E-state index contributed by atoms with van der Waals surface area (Å²) in [6.45, 7) is 1.73. The number of para-hydroxylation sites is 1. The predicted molar refractivity (Wildman–Crippen MR) is 68.6 cm³/mol. The van der Waals surface area contributed by atoms with Crippen molar-refractivity contribution in [1.29, 1.82) is 0 Å². The Labute approximate surface area is 109 Å². The van der Waals surface area contributed by atoms with Crippen molar-refractivity contribution in [2.75, 3.05) is 7.11 Å². The fourth-order valence-corrected chi connectivity index (χ4v) is 2.23. The second-order valence-electron chi connectivity index (χ2n) is 4.33. The molecule has 2 rings (SSSR count). The van der Waals surface area contributed by atoms with Crippen LogP contribution in [0, 0.1) is 12.7 Å². The summed E-state index contributed by atoms with van der Waals surface area (Å²) in [7, 11) is 2.92. The Morgan fingerprint density at radius 3 is 2.68 bits per heavy atom. The molecule has 0 fully saturated rings. The van der Waals surface area contributed by atoms with E-state index in [9.17, 15) is 14.0 Å². The van der Waals surface area contributed by atoms with Gasteiger partial charge < -0.3 is 9.30 Å². The van der Waals surface area contributed by atoms with E-state index in [2.05, 4.69) is 4.74 Å². The van der Waals surface area contributed by atoms with Gasteiger partial charge >= 0.3 is 5.97 Å². The third kappa shape index (κ3) is 2.12. The van der Waals surface area contributed by atoms with E-state index in [0.29, 0.717) is 22.2 Å². The van der Waals surface area contributed by atoms with E-state index < -0.39 is 5.97 Å². The third-order valence-corrected chi connectivity index (χ3v) is 3.27. The molecule has 0 saturated carbocycles. The topological polar surface area (TPSA) is 48.3 Å². The van der Waals surface area contributed by atoms with Gasteiger partial charge in [-0.2, -0.15) is 0 Å². The molecule has 1 aromatic carbocycles. The lowest BCUT2D eigenvalue weighted by Gasteiger charge is -2.01. The molecule has 0 unspecified atom stereocenters. The highest BCUT2D eigenvalue weighted by Crippen LogP contribution is 2.28. The number of ketones is 1. The number of Topliss-reactive ketones (excluding diaryl/α,β-unsaturated/α-hetero) is 1. The summed E-state index contributed by atoms with van der Waals surface area (Å²) in [6, 6.07) is 4.57. The van der Waals surface area contributed by atoms with Gasteiger partial charge in [0.25, 0.3) is 0 Å². The number of nitrogens with zero attached hydrogens (tertiary/aromatic N) is 1. The molecule has 4 nitrogen and oxygen atoms in total. The van der Waals surface area contributed by atoms with Gasteiger partial charge in [-0.15, -0.1) is 0 Å². The van der Waals surface area contributed by atoms with Crippen LogP contribution >= 0.6 is 0 Å². The Balaban J connectivity index is 2.61. The molecule has 0 spiro atoms. The van der Waals surface area contributed by atoms with Gasteiger partial charge in [0, 0.05) is 23.7 Å². The number of hydrogen-bond donors (Lipinski definition) is 0. The number of fused-ring (bicyclic) bond motifs is 1. The highest BCUT2D eigenvalue weighted by Gasteiger charge is 2.22. The van der Waals surface area contributed by atoms with Gasteiger partial charge in [-0.1, -0.05) is 12.1 Å². The lowest BCUT2D eigenvalue weighted by Crippen LogP contribution is -2.10. The van der Waals surface area contributed by atoms with Crippen molar-refractivity contribution in [2.24, 2.45) is 7.05 Å². The van der Waals surface area contributed by atoms with Crippen molar-refractivity contribution in [3.05, 3.63) is 35.3 Å². The fraction of sp³-hybridized carbons (Fsp3) is 0.286. The number of carbonyl (C=O) groups is 2. The van der Waals surface area contributed by atoms with E-state index in [4.69, 9.17) is 0 Å². The number of ether oxygens (including phenoxy) is 1. The summed E-state index contributed by atoms with van der Waals surface area (Å²) in [5, 5.41) is 0.522. The molecule has 0 amide bonds. The maximum Gasteiger partial charge on any atom is 0.313 e. The van der Waals surface area contributed by atoms with Crippen LogP contribution in [0.4, 0.5) is 4.39 Å². The highest BCUT2D eigenvalue weighted by atomic mass is 19.1. The summed E-state index contributed by atoms with van der Waals surface area (Å²) >= 11 is 0. The first-order chi connectivity index (χ1) is 8.97. The van der Waals surface area contributed by atoms with E-state index in [1.54, 1.807) is 30.7 Å². The van der Waals surface area contributed by atoms with Crippen LogP contribution in [-0.2, 0) is 16.6 Å². The number of esters is 1. The minimum absolute atomic E-state index is 0.340. The Bertz CT molecular complexity index is 673. The zero-order valence-corrected chi connectivity index (χ0v) is 11.0. The molecular formula is C14H14FNO3. The molecular weight excluding hydrogens is 249 g/mol. The highest BCUT2D eigenvalue weighted by molar-refractivity contribution is 6.14. The zero-order valence-electron chi connectivity index (χ0n) is 11.0. The van der Waals surface area contributed by atoms with E-state index in [0.717, 1.165) is 0 Å². The number of benzene rings is 1. The maximum atomic E-state index is 13.8. The second kappa shape index (κ2) is 4.84. The summed E-state index contributed by atoms with van der Waals surface area (Å²) in [6.07, 6.45) is -0.340. The fourth-order valence-electron chi connectivity index (χ4n) is 2.23. The molecule has 0 bridgehead atoms. The minimum Gasteiger partial charge on any atom is -0.469 e.